The second-order valence-corrected chi connectivity index (χ2v) is 5.11. The lowest BCUT2D eigenvalue weighted by Gasteiger charge is -2.15. The lowest BCUT2D eigenvalue weighted by Crippen LogP contribution is -2.22. The third kappa shape index (κ3) is 2.89. The maximum Gasteiger partial charge on any atom is 0.245 e. The van der Waals surface area contributed by atoms with E-state index >= 15 is 0 Å². The molecule has 1 aromatic carbocycles. The molecule has 3 unspecified atom stereocenters. The van der Waals surface area contributed by atoms with Crippen LogP contribution < -0.4 is 10.1 Å². The van der Waals surface area contributed by atoms with Crippen LogP contribution in [-0.4, -0.2) is 23.3 Å². The number of hydrogen-bond donors (Lipinski definition) is 1. The highest BCUT2D eigenvalue weighted by Crippen LogP contribution is 2.31. The van der Waals surface area contributed by atoms with Crippen LogP contribution in [0.3, 0.4) is 0 Å². The van der Waals surface area contributed by atoms with Gasteiger partial charge >= 0.3 is 0 Å². The van der Waals surface area contributed by atoms with E-state index in [0.29, 0.717) is 11.3 Å². The van der Waals surface area contributed by atoms with Crippen molar-refractivity contribution in [2.24, 2.45) is 0 Å². The predicted molar refractivity (Wildman–Crippen MR) is 72.4 cm³/mol. The molecule has 1 saturated heterocycles. The normalized spacial score (nSPS) is 24.2. The zero-order valence-corrected chi connectivity index (χ0v) is 11.6. The van der Waals surface area contributed by atoms with Crippen LogP contribution in [0.15, 0.2) is 24.3 Å². The van der Waals surface area contributed by atoms with Crippen molar-refractivity contribution >= 4 is 23.4 Å². The second-order valence-electron chi connectivity index (χ2n) is 4.64. The summed E-state index contributed by atoms with van der Waals surface area (Å²) in [6.07, 6.45) is 0.992. The molecule has 0 saturated carbocycles. The monoisotopic (exact) mass is 281 g/mol. The van der Waals surface area contributed by atoms with Crippen LogP contribution in [0.1, 0.15) is 31.7 Å². The summed E-state index contributed by atoms with van der Waals surface area (Å²) in [7, 11) is 0. The third-order valence-electron chi connectivity index (χ3n) is 3.20. The summed E-state index contributed by atoms with van der Waals surface area (Å²) in [5.74, 6) is -0.756. The van der Waals surface area contributed by atoms with E-state index in [1.807, 2.05) is 19.9 Å². The summed E-state index contributed by atoms with van der Waals surface area (Å²) >= 11 is 5.97. The van der Waals surface area contributed by atoms with Crippen molar-refractivity contribution in [1.29, 1.82) is 0 Å². The fourth-order valence-electron chi connectivity index (χ4n) is 1.97. The summed E-state index contributed by atoms with van der Waals surface area (Å²) in [5.41, 5.74) is 0.698. The van der Waals surface area contributed by atoms with E-state index in [0.717, 1.165) is 6.42 Å². The molecule has 1 aliphatic heterocycles. The van der Waals surface area contributed by atoms with Gasteiger partial charge in [-0.15, -0.1) is 11.6 Å². The molecular weight excluding hydrogens is 266 g/mol. The molecule has 4 nitrogen and oxygen atoms in total. The predicted octanol–water partition coefficient (Wildman–Crippen LogP) is 2.21. The van der Waals surface area contributed by atoms with E-state index in [1.165, 1.54) is 0 Å². The van der Waals surface area contributed by atoms with Gasteiger partial charge in [0, 0.05) is 0 Å². The van der Waals surface area contributed by atoms with Gasteiger partial charge in [-0.1, -0.05) is 19.1 Å². The van der Waals surface area contributed by atoms with Crippen LogP contribution in [-0.2, 0) is 9.59 Å². The summed E-state index contributed by atoms with van der Waals surface area (Å²) in [6, 6.07) is 7.17. The number of carbonyl (C=O) groups excluding carboxylic acids is 2. The Kier molecular flexibility index (Phi) is 4.10. The smallest absolute Gasteiger partial charge is 0.245 e. The Morgan fingerprint density at radius 1 is 1.37 bits per heavy atom. The summed E-state index contributed by atoms with van der Waals surface area (Å²) < 4.78 is 5.70. The number of amides is 2. The summed E-state index contributed by atoms with van der Waals surface area (Å²) in [6.45, 7) is 4.01. The second kappa shape index (κ2) is 5.61. The Balaban J connectivity index is 2.23. The highest BCUT2D eigenvalue weighted by molar-refractivity contribution is 6.37. The minimum absolute atomic E-state index is 0.0982. The van der Waals surface area contributed by atoms with Gasteiger partial charge in [0.2, 0.25) is 11.8 Å². The molecule has 0 aromatic heterocycles. The van der Waals surface area contributed by atoms with Crippen LogP contribution >= 0.6 is 11.6 Å². The molecule has 1 N–H and O–H groups in total. The van der Waals surface area contributed by atoms with E-state index in [2.05, 4.69) is 5.32 Å². The van der Waals surface area contributed by atoms with Crippen molar-refractivity contribution in [3.8, 4) is 5.75 Å². The molecule has 1 aliphatic rings. The van der Waals surface area contributed by atoms with Crippen LogP contribution in [0.2, 0.25) is 0 Å². The zero-order chi connectivity index (χ0) is 14.0. The molecule has 0 aliphatic carbocycles. The first-order chi connectivity index (χ1) is 9.02. The van der Waals surface area contributed by atoms with Gasteiger partial charge in [0.15, 0.2) is 0 Å². The first kappa shape index (κ1) is 13.9. The number of ether oxygens (including phenoxy) is 1. The highest BCUT2D eigenvalue weighted by Gasteiger charge is 2.41. The molecule has 0 radical (unpaired) electrons. The number of rotatable bonds is 4. The van der Waals surface area contributed by atoms with Crippen molar-refractivity contribution in [2.75, 3.05) is 0 Å². The van der Waals surface area contributed by atoms with Gasteiger partial charge in [0.25, 0.3) is 0 Å². The molecule has 1 fully saturated rings. The van der Waals surface area contributed by atoms with Gasteiger partial charge in [0.1, 0.15) is 11.1 Å². The number of carbonyl (C=O) groups is 2. The quantitative estimate of drug-likeness (QED) is 0.680. The maximum atomic E-state index is 11.7. The van der Waals surface area contributed by atoms with Gasteiger partial charge in [-0.3, -0.25) is 14.9 Å². The standard InChI is InChI=1S/C14H16ClNO3/c1-3-8(2)19-10-6-4-5-9(7-10)11-12(15)14(18)16-13(11)17/h4-8,11-12H,3H2,1-2H3,(H,16,17,18). The average molecular weight is 282 g/mol. The van der Waals surface area contributed by atoms with Crippen molar-refractivity contribution in [3.63, 3.8) is 0 Å². The van der Waals surface area contributed by atoms with Gasteiger partial charge < -0.3 is 4.74 Å². The minimum atomic E-state index is -0.855. The zero-order valence-electron chi connectivity index (χ0n) is 10.9. The molecule has 1 heterocycles. The lowest BCUT2D eigenvalue weighted by atomic mass is 9.97. The van der Waals surface area contributed by atoms with Crippen molar-refractivity contribution in [3.05, 3.63) is 29.8 Å². The summed E-state index contributed by atoms with van der Waals surface area (Å²) in [5, 5.41) is 1.38. The highest BCUT2D eigenvalue weighted by atomic mass is 35.5. The van der Waals surface area contributed by atoms with Crippen molar-refractivity contribution < 1.29 is 14.3 Å². The topological polar surface area (TPSA) is 55.4 Å². The molecular formula is C14H16ClNO3. The molecule has 0 bridgehead atoms. The molecule has 0 spiro atoms. The Morgan fingerprint density at radius 2 is 2.11 bits per heavy atom. The van der Waals surface area contributed by atoms with Crippen LogP contribution in [0.5, 0.6) is 5.75 Å². The van der Waals surface area contributed by atoms with Gasteiger partial charge in [-0.2, -0.15) is 0 Å². The van der Waals surface area contributed by atoms with Gasteiger partial charge in [-0.05, 0) is 31.0 Å². The number of benzene rings is 1. The fraction of sp³-hybridized carbons (Fsp3) is 0.429. The first-order valence-corrected chi connectivity index (χ1v) is 6.72. The third-order valence-corrected chi connectivity index (χ3v) is 3.65. The molecule has 1 aromatic rings. The van der Waals surface area contributed by atoms with Crippen molar-refractivity contribution in [2.45, 2.75) is 37.7 Å². The van der Waals surface area contributed by atoms with Crippen LogP contribution in [0.25, 0.3) is 0 Å². The average Bonchev–Trinajstić information content (AvgIpc) is 2.63. The number of alkyl halides is 1. The van der Waals surface area contributed by atoms with E-state index < -0.39 is 17.2 Å². The lowest BCUT2D eigenvalue weighted by molar-refractivity contribution is -0.125. The number of imide groups is 1. The minimum Gasteiger partial charge on any atom is -0.491 e. The SMILES string of the molecule is CCC(C)Oc1cccc(C2C(=O)NC(=O)C2Cl)c1. The van der Waals surface area contributed by atoms with E-state index in [9.17, 15) is 9.59 Å². The summed E-state index contributed by atoms with van der Waals surface area (Å²) in [4.78, 5) is 23.1. The Hall–Kier alpha value is -1.55. The van der Waals surface area contributed by atoms with Crippen LogP contribution in [0.4, 0.5) is 0 Å². The maximum absolute atomic E-state index is 11.7. The van der Waals surface area contributed by atoms with E-state index in [4.69, 9.17) is 16.3 Å². The molecule has 2 rings (SSSR count). The number of halogens is 1. The van der Waals surface area contributed by atoms with E-state index in [-0.39, 0.29) is 12.0 Å². The van der Waals surface area contributed by atoms with Gasteiger partial charge in [0.05, 0.1) is 12.0 Å². The van der Waals surface area contributed by atoms with Gasteiger partial charge in [-0.25, -0.2) is 0 Å². The number of nitrogens with one attached hydrogen (secondary N) is 1. The molecule has 19 heavy (non-hydrogen) atoms. The molecule has 5 heteroatoms. The Labute approximate surface area is 117 Å². The molecule has 3 atom stereocenters. The first-order valence-electron chi connectivity index (χ1n) is 6.28. The fourth-order valence-corrected chi connectivity index (χ4v) is 2.28. The number of hydrogen-bond acceptors (Lipinski definition) is 3. The van der Waals surface area contributed by atoms with E-state index in [1.54, 1.807) is 18.2 Å². The molecule has 2 amide bonds. The van der Waals surface area contributed by atoms with Crippen molar-refractivity contribution in [1.82, 2.24) is 5.32 Å². The van der Waals surface area contributed by atoms with Crippen LogP contribution in [0, 0.1) is 0 Å². The largest absolute Gasteiger partial charge is 0.491 e. The molecule has 102 valence electrons. The Bertz CT molecular complexity index is 503. The Morgan fingerprint density at radius 3 is 2.68 bits per heavy atom.